The van der Waals surface area contributed by atoms with Crippen LogP contribution in [0.25, 0.3) is 66.1 Å². The van der Waals surface area contributed by atoms with E-state index in [1.54, 1.807) is 12.1 Å². The topological polar surface area (TPSA) is 91.5 Å². The minimum atomic E-state index is -0.348. The molecule has 0 aliphatic carbocycles. The van der Waals surface area contributed by atoms with Crippen LogP contribution in [0.15, 0.2) is 143 Å². The summed E-state index contributed by atoms with van der Waals surface area (Å²) >= 11 is 0. The van der Waals surface area contributed by atoms with E-state index in [-0.39, 0.29) is 22.2 Å². The molecule has 0 saturated carbocycles. The minimum absolute atomic E-state index is 0.256. The van der Waals surface area contributed by atoms with E-state index in [0.717, 1.165) is 22.3 Å². The molecule has 0 radical (unpaired) electrons. The molecule has 200 valence electrons. The number of fused-ring (bicyclic) bond motifs is 8. The summed E-state index contributed by atoms with van der Waals surface area (Å²) in [4.78, 5) is 43.3. The highest BCUT2D eigenvalue weighted by Crippen LogP contribution is 2.25. The maximum atomic E-state index is 13.8. The average Bonchev–Trinajstić information content (AvgIpc) is 3.05. The first-order chi connectivity index (χ1) is 20.6. The van der Waals surface area contributed by atoms with Gasteiger partial charge in [0.2, 0.25) is 0 Å². The highest BCUT2D eigenvalue weighted by Gasteiger charge is 2.07. The van der Waals surface area contributed by atoms with Gasteiger partial charge >= 0.3 is 0 Å². The van der Waals surface area contributed by atoms with Crippen LogP contribution < -0.4 is 11.1 Å². The molecule has 0 aliphatic heterocycles. The highest BCUT2D eigenvalue weighted by molar-refractivity contribution is 5.96. The van der Waals surface area contributed by atoms with Crippen molar-refractivity contribution < 1.29 is 0 Å². The predicted molar refractivity (Wildman–Crippen MR) is 171 cm³/mol. The van der Waals surface area contributed by atoms with Gasteiger partial charge in [0.1, 0.15) is 11.0 Å². The van der Waals surface area contributed by atoms with Gasteiger partial charge in [-0.1, -0.05) is 97.1 Å². The second-order valence-electron chi connectivity index (χ2n) is 9.98. The molecule has 2 N–H and O–H groups in total. The van der Waals surface area contributed by atoms with E-state index >= 15 is 0 Å². The lowest BCUT2D eigenvalue weighted by Crippen LogP contribution is -2.07. The molecule has 7 rings (SSSR count). The molecular formula is C36H24N4O2. The van der Waals surface area contributed by atoms with Crippen LogP contribution in [0.5, 0.6) is 0 Å². The van der Waals surface area contributed by atoms with E-state index in [1.807, 2.05) is 121 Å². The first-order valence-electron chi connectivity index (χ1n) is 13.6. The quantitative estimate of drug-likeness (QED) is 0.236. The van der Waals surface area contributed by atoms with Crippen molar-refractivity contribution >= 4 is 43.9 Å². The molecule has 0 atom stereocenters. The van der Waals surface area contributed by atoms with Crippen LogP contribution in [-0.4, -0.2) is 19.9 Å². The summed E-state index contributed by atoms with van der Waals surface area (Å²) in [5, 5.41) is 1.38. The summed E-state index contributed by atoms with van der Waals surface area (Å²) in [5.41, 5.74) is 5.66. The zero-order chi connectivity index (χ0) is 28.5. The Morgan fingerprint density at radius 3 is 1.17 bits per heavy atom. The number of benzene rings is 4. The molecule has 0 amide bonds. The van der Waals surface area contributed by atoms with Crippen LogP contribution in [0, 0.1) is 0 Å². The summed E-state index contributed by atoms with van der Waals surface area (Å²) in [5.74, 6) is 0. The van der Waals surface area contributed by atoms with E-state index in [9.17, 15) is 9.59 Å². The van der Waals surface area contributed by atoms with Gasteiger partial charge in [-0.3, -0.25) is 9.59 Å². The fraction of sp³-hybridized carbons (Fsp3) is 0. The number of rotatable bonds is 2. The molecule has 6 heteroatoms. The largest absolute Gasteiger partial charge is 0.320 e. The Bertz CT molecular complexity index is 2180. The van der Waals surface area contributed by atoms with E-state index in [0.29, 0.717) is 32.8 Å². The van der Waals surface area contributed by atoms with Gasteiger partial charge in [-0.15, -0.1) is 0 Å². The van der Waals surface area contributed by atoms with Crippen molar-refractivity contribution in [1.82, 2.24) is 19.9 Å². The number of pyridine rings is 2. The molecule has 0 spiro atoms. The fourth-order valence-corrected chi connectivity index (χ4v) is 5.17. The lowest BCUT2D eigenvalue weighted by molar-refractivity contribution is 1.29. The summed E-state index contributed by atoms with van der Waals surface area (Å²) in [6.45, 7) is 0. The standard InChI is InChI=1S/C36H24N4O2/c41-35-33-21-25(23-11-3-1-4-12-23)19-31(37-33)27-15-7-9-17-29(27)40-36(42)34-22-26(24-13-5-2-6-14-24)20-32(38-34)28-16-8-10-18-30(28)39-35/h1-22H,(H,39,41)(H,40,42). The molecule has 0 unspecified atom stereocenters. The molecule has 4 bridgehead atoms. The smallest absolute Gasteiger partial charge is 0.274 e. The molecule has 0 aliphatic rings. The van der Waals surface area contributed by atoms with Crippen LogP contribution in [-0.2, 0) is 0 Å². The Labute approximate surface area is 240 Å². The van der Waals surface area contributed by atoms with Gasteiger partial charge in [-0.05, 0) is 58.7 Å². The molecule has 4 aromatic carbocycles. The molecule has 3 heterocycles. The predicted octanol–water partition coefficient (Wildman–Crippen LogP) is 7.49. The van der Waals surface area contributed by atoms with E-state index < -0.39 is 0 Å². The second-order valence-corrected chi connectivity index (χ2v) is 9.98. The van der Waals surface area contributed by atoms with Crippen molar-refractivity contribution in [2.45, 2.75) is 0 Å². The lowest BCUT2D eigenvalue weighted by atomic mass is 10.0. The number of aromatic nitrogens is 4. The van der Waals surface area contributed by atoms with Crippen LogP contribution in [0.4, 0.5) is 0 Å². The Kier molecular flexibility index (Phi) is 6.33. The molecule has 6 nitrogen and oxygen atoms in total. The van der Waals surface area contributed by atoms with Crippen molar-refractivity contribution in [1.29, 1.82) is 0 Å². The SMILES string of the molecule is O=c1[nH]c2ccccc2c2cc(-c3ccccc3)cc(n2)c(=O)[nH]c2ccccc2c2cc(-c3ccccc3)cc1n2. The van der Waals surface area contributed by atoms with Gasteiger partial charge < -0.3 is 9.97 Å². The highest BCUT2D eigenvalue weighted by atomic mass is 16.1. The summed E-state index contributed by atoms with van der Waals surface area (Å²) in [7, 11) is 0. The minimum Gasteiger partial charge on any atom is -0.320 e. The van der Waals surface area contributed by atoms with E-state index in [4.69, 9.17) is 9.97 Å². The molecule has 0 saturated heterocycles. The third-order valence-corrected chi connectivity index (χ3v) is 7.23. The monoisotopic (exact) mass is 544 g/mol. The van der Waals surface area contributed by atoms with Crippen molar-refractivity contribution in [3.8, 4) is 22.3 Å². The molecular weight excluding hydrogens is 520 g/mol. The Morgan fingerprint density at radius 1 is 0.381 bits per heavy atom. The summed E-state index contributed by atoms with van der Waals surface area (Å²) in [6, 6.07) is 42.0. The maximum Gasteiger partial charge on any atom is 0.274 e. The van der Waals surface area contributed by atoms with Crippen LogP contribution in [0.3, 0.4) is 0 Å². The van der Waals surface area contributed by atoms with Gasteiger partial charge in [0.05, 0.1) is 22.1 Å². The summed E-state index contributed by atoms with van der Waals surface area (Å²) in [6.07, 6.45) is 0. The van der Waals surface area contributed by atoms with E-state index in [1.165, 1.54) is 0 Å². The van der Waals surface area contributed by atoms with Gasteiger partial charge in [-0.25, -0.2) is 9.97 Å². The molecule has 3 aromatic heterocycles. The van der Waals surface area contributed by atoms with Gasteiger partial charge in [0.25, 0.3) is 11.1 Å². The van der Waals surface area contributed by atoms with Gasteiger partial charge in [0.15, 0.2) is 0 Å². The van der Waals surface area contributed by atoms with Gasteiger partial charge in [0, 0.05) is 10.8 Å². The maximum absolute atomic E-state index is 13.8. The number of hydrogen-bond donors (Lipinski definition) is 2. The van der Waals surface area contributed by atoms with Crippen LogP contribution in [0.2, 0.25) is 0 Å². The van der Waals surface area contributed by atoms with Crippen LogP contribution >= 0.6 is 0 Å². The Morgan fingerprint density at radius 2 is 0.738 bits per heavy atom. The number of para-hydroxylation sites is 2. The fourth-order valence-electron chi connectivity index (χ4n) is 5.17. The molecule has 7 aromatic rings. The van der Waals surface area contributed by atoms with E-state index in [2.05, 4.69) is 9.97 Å². The first-order valence-corrected chi connectivity index (χ1v) is 13.6. The number of hydrogen-bond acceptors (Lipinski definition) is 4. The van der Waals surface area contributed by atoms with Crippen molar-refractivity contribution in [2.24, 2.45) is 0 Å². The number of H-pyrrole nitrogens is 2. The lowest BCUT2D eigenvalue weighted by Gasteiger charge is -2.05. The zero-order valence-electron chi connectivity index (χ0n) is 22.4. The Balaban J connectivity index is 1.71. The number of nitrogens with one attached hydrogen (secondary N) is 2. The van der Waals surface area contributed by atoms with Crippen molar-refractivity contribution in [2.75, 3.05) is 0 Å². The zero-order valence-corrected chi connectivity index (χ0v) is 22.4. The number of nitrogens with zero attached hydrogens (tertiary/aromatic N) is 2. The van der Waals surface area contributed by atoms with Gasteiger partial charge in [-0.2, -0.15) is 0 Å². The second kappa shape index (κ2) is 10.6. The Hall–Kier alpha value is -5.88. The van der Waals surface area contributed by atoms with Crippen molar-refractivity contribution in [3.05, 3.63) is 154 Å². The third kappa shape index (κ3) is 4.82. The molecule has 42 heavy (non-hydrogen) atoms. The number of aromatic amines is 2. The normalized spacial score (nSPS) is 11.0. The van der Waals surface area contributed by atoms with Crippen LogP contribution in [0.1, 0.15) is 0 Å². The first kappa shape index (κ1) is 25.1. The van der Waals surface area contributed by atoms with Crippen molar-refractivity contribution in [3.63, 3.8) is 0 Å². The average molecular weight is 545 g/mol. The summed E-state index contributed by atoms with van der Waals surface area (Å²) < 4.78 is 0. The third-order valence-electron chi connectivity index (χ3n) is 7.23. The molecule has 0 fully saturated rings.